The molecule has 1 aliphatic rings. The van der Waals surface area contributed by atoms with Crippen molar-refractivity contribution in [2.45, 2.75) is 46.1 Å². The average molecular weight is 256 g/mol. The molecule has 0 radical (unpaired) electrons. The summed E-state index contributed by atoms with van der Waals surface area (Å²) in [6.07, 6.45) is 4.23. The van der Waals surface area contributed by atoms with Crippen LogP contribution in [0.15, 0.2) is 0 Å². The van der Waals surface area contributed by atoms with Crippen molar-refractivity contribution in [3.8, 4) is 0 Å². The van der Waals surface area contributed by atoms with Crippen LogP contribution >= 0.6 is 0 Å². The predicted octanol–water partition coefficient (Wildman–Crippen LogP) is 2.47. The summed E-state index contributed by atoms with van der Waals surface area (Å²) in [5.41, 5.74) is 0. The Hall–Kier alpha value is -0.120. The Bertz CT molecular complexity index is 209. The van der Waals surface area contributed by atoms with Crippen molar-refractivity contribution in [2.75, 3.05) is 46.4 Å². The van der Waals surface area contributed by atoms with Gasteiger partial charge in [-0.25, -0.2) is 0 Å². The topological polar surface area (TPSA) is 15.7 Å². The van der Waals surface area contributed by atoms with Gasteiger partial charge in [0, 0.05) is 26.2 Å². The Kier molecular flexibility index (Phi) is 7.87. The Labute approximate surface area is 113 Å². The first-order chi connectivity index (χ1) is 8.61. The van der Waals surface area contributed by atoms with E-state index in [4.69, 9.17) is 4.74 Å². The molecule has 0 aromatic rings. The van der Waals surface area contributed by atoms with Crippen molar-refractivity contribution in [3.63, 3.8) is 0 Å². The first-order valence-electron chi connectivity index (χ1n) is 7.64. The van der Waals surface area contributed by atoms with E-state index in [9.17, 15) is 0 Å². The monoisotopic (exact) mass is 256 g/mol. The van der Waals surface area contributed by atoms with Gasteiger partial charge in [0.15, 0.2) is 0 Å². The lowest BCUT2D eigenvalue weighted by atomic mass is 10.1. The molecule has 0 aromatic heterocycles. The highest BCUT2D eigenvalue weighted by atomic mass is 16.5. The quantitative estimate of drug-likeness (QED) is 0.663. The van der Waals surface area contributed by atoms with Gasteiger partial charge < -0.3 is 9.64 Å². The van der Waals surface area contributed by atoms with Crippen LogP contribution in [0, 0.1) is 5.92 Å². The molecule has 0 amide bonds. The molecule has 0 aliphatic carbocycles. The number of hydrogen-bond acceptors (Lipinski definition) is 3. The minimum atomic E-state index is 0.449. The van der Waals surface area contributed by atoms with E-state index in [-0.39, 0.29) is 0 Å². The molecule has 1 rings (SSSR count). The van der Waals surface area contributed by atoms with Crippen LogP contribution in [0.4, 0.5) is 0 Å². The molecule has 3 heteroatoms. The van der Waals surface area contributed by atoms with Gasteiger partial charge in [-0.15, -0.1) is 0 Å². The second-order valence-corrected chi connectivity index (χ2v) is 6.09. The maximum absolute atomic E-state index is 5.88. The molecule has 1 aliphatic heterocycles. The fraction of sp³-hybridized carbons (Fsp3) is 1.00. The maximum Gasteiger partial charge on any atom is 0.0714 e. The zero-order valence-electron chi connectivity index (χ0n) is 12.8. The van der Waals surface area contributed by atoms with Gasteiger partial charge in [0.05, 0.1) is 12.7 Å². The Morgan fingerprint density at radius 3 is 2.83 bits per heavy atom. The van der Waals surface area contributed by atoms with Crippen LogP contribution in [0.2, 0.25) is 0 Å². The molecule has 1 saturated heterocycles. The molecule has 0 bridgehead atoms. The summed E-state index contributed by atoms with van der Waals surface area (Å²) >= 11 is 0. The minimum Gasteiger partial charge on any atom is -0.376 e. The van der Waals surface area contributed by atoms with Gasteiger partial charge in [-0.3, -0.25) is 4.90 Å². The third kappa shape index (κ3) is 6.72. The van der Waals surface area contributed by atoms with E-state index in [2.05, 4.69) is 37.6 Å². The van der Waals surface area contributed by atoms with Crippen molar-refractivity contribution >= 4 is 0 Å². The summed E-state index contributed by atoms with van der Waals surface area (Å²) in [7, 11) is 2.22. The summed E-state index contributed by atoms with van der Waals surface area (Å²) in [6, 6.07) is 0. The molecule has 0 spiro atoms. The van der Waals surface area contributed by atoms with E-state index in [1.54, 1.807) is 0 Å². The molecule has 108 valence electrons. The van der Waals surface area contributed by atoms with Crippen LogP contribution in [-0.4, -0.2) is 62.3 Å². The van der Waals surface area contributed by atoms with Gasteiger partial charge >= 0.3 is 0 Å². The summed E-state index contributed by atoms with van der Waals surface area (Å²) in [5, 5.41) is 0. The van der Waals surface area contributed by atoms with Gasteiger partial charge in [0.1, 0.15) is 0 Å². The summed E-state index contributed by atoms with van der Waals surface area (Å²) in [5.74, 6) is 0.753. The lowest BCUT2D eigenvalue weighted by Crippen LogP contribution is -2.44. The predicted molar refractivity (Wildman–Crippen MR) is 78.0 cm³/mol. The molecule has 1 fully saturated rings. The zero-order valence-corrected chi connectivity index (χ0v) is 12.8. The fourth-order valence-corrected chi connectivity index (χ4v) is 2.62. The maximum atomic E-state index is 5.88. The number of unbranched alkanes of at least 4 members (excludes halogenated alkanes) is 1. The van der Waals surface area contributed by atoms with Crippen LogP contribution in [-0.2, 0) is 4.74 Å². The number of hydrogen-bond donors (Lipinski definition) is 0. The van der Waals surface area contributed by atoms with Crippen LogP contribution in [0.5, 0.6) is 0 Å². The van der Waals surface area contributed by atoms with E-state index in [0.29, 0.717) is 6.10 Å². The van der Waals surface area contributed by atoms with Crippen molar-refractivity contribution in [1.82, 2.24) is 9.80 Å². The van der Waals surface area contributed by atoms with E-state index in [0.717, 1.165) is 32.2 Å². The Morgan fingerprint density at radius 1 is 1.39 bits per heavy atom. The van der Waals surface area contributed by atoms with Crippen LogP contribution in [0.3, 0.4) is 0 Å². The van der Waals surface area contributed by atoms with E-state index < -0.39 is 0 Å². The van der Waals surface area contributed by atoms with Crippen LogP contribution in [0.1, 0.15) is 40.0 Å². The molecule has 0 unspecified atom stereocenters. The van der Waals surface area contributed by atoms with Crippen molar-refractivity contribution < 1.29 is 4.74 Å². The summed E-state index contributed by atoms with van der Waals surface area (Å²) in [6.45, 7) is 13.6. The molecule has 0 saturated carbocycles. The molecule has 0 N–H and O–H groups in total. The van der Waals surface area contributed by atoms with Crippen LogP contribution in [0.25, 0.3) is 0 Å². The van der Waals surface area contributed by atoms with Gasteiger partial charge in [-0.05, 0) is 32.4 Å². The van der Waals surface area contributed by atoms with E-state index >= 15 is 0 Å². The molecule has 1 heterocycles. The van der Waals surface area contributed by atoms with Crippen molar-refractivity contribution in [2.24, 2.45) is 5.92 Å². The minimum absolute atomic E-state index is 0.449. The average Bonchev–Trinajstić information content (AvgIpc) is 2.33. The molecule has 3 nitrogen and oxygen atoms in total. The zero-order chi connectivity index (χ0) is 13.4. The number of nitrogens with zero attached hydrogens (tertiary/aromatic N) is 2. The smallest absolute Gasteiger partial charge is 0.0714 e. The SMILES string of the molecule is CCCCN1CCO[C@H](CCN(C)CC(C)C)C1. The van der Waals surface area contributed by atoms with Crippen molar-refractivity contribution in [1.29, 1.82) is 0 Å². The first kappa shape index (κ1) is 15.9. The Morgan fingerprint density at radius 2 is 2.17 bits per heavy atom. The van der Waals surface area contributed by atoms with Gasteiger partial charge in [-0.1, -0.05) is 27.2 Å². The van der Waals surface area contributed by atoms with Crippen molar-refractivity contribution in [3.05, 3.63) is 0 Å². The Balaban J connectivity index is 2.17. The molecular formula is C15H32N2O. The van der Waals surface area contributed by atoms with Gasteiger partial charge in [-0.2, -0.15) is 0 Å². The van der Waals surface area contributed by atoms with Gasteiger partial charge in [0.25, 0.3) is 0 Å². The molecular weight excluding hydrogens is 224 g/mol. The largest absolute Gasteiger partial charge is 0.376 e. The normalized spacial score (nSPS) is 22.0. The third-order valence-corrected chi connectivity index (χ3v) is 3.56. The molecule has 1 atom stereocenters. The summed E-state index contributed by atoms with van der Waals surface area (Å²) in [4.78, 5) is 5.00. The second kappa shape index (κ2) is 8.89. The van der Waals surface area contributed by atoms with Gasteiger partial charge in [0.2, 0.25) is 0 Å². The number of rotatable bonds is 8. The standard InChI is InChI=1S/C15H32N2O/c1-5-6-8-17-10-11-18-15(13-17)7-9-16(4)12-14(2)3/h14-15H,5-13H2,1-4H3/t15-/m1/s1. The lowest BCUT2D eigenvalue weighted by Gasteiger charge is -2.33. The third-order valence-electron chi connectivity index (χ3n) is 3.56. The second-order valence-electron chi connectivity index (χ2n) is 6.09. The first-order valence-corrected chi connectivity index (χ1v) is 7.64. The number of morpholine rings is 1. The lowest BCUT2D eigenvalue weighted by molar-refractivity contribution is -0.0353. The number of ether oxygens (including phenoxy) is 1. The fourth-order valence-electron chi connectivity index (χ4n) is 2.62. The van der Waals surface area contributed by atoms with E-state index in [1.807, 2.05) is 0 Å². The molecule has 18 heavy (non-hydrogen) atoms. The van der Waals surface area contributed by atoms with E-state index in [1.165, 1.54) is 32.4 Å². The highest BCUT2D eigenvalue weighted by molar-refractivity contribution is 4.72. The highest BCUT2D eigenvalue weighted by Gasteiger charge is 2.20. The molecule has 0 aromatic carbocycles. The highest BCUT2D eigenvalue weighted by Crippen LogP contribution is 2.10. The summed E-state index contributed by atoms with van der Waals surface area (Å²) < 4.78 is 5.88. The van der Waals surface area contributed by atoms with Crippen LogP contribution < -0.4 is 0 Å².